The Balaban J connectivity index is 1.77. The molecule has 92 valence electrons. The van der Waals surface area contributed by atoms with Crippen LogP contribution in [0.25, 0.3) is 0 Å². The minimum Gasteiger partial charge on any atom is -0.384 e. The van der Waals surface area contributed by atoms with Gasteiger partial charge in [-0.1, -0.05) is 6.42 Å². The molecule has 0 aromatic rings. The highest BCUT2D eigenvalue weighted by Crippen LogP contribution is 2.61. The third-order valence-electron chi connectivity index (χ3n) is 5.78. The number of ether oxygens (including phenoxy) is 1. The molecule has 0 aromatic carbocycles. The Morgan fingerprint density at radius 3 is 2.88 bits per heavy atom. The maximum Gasteiger partial charge on any atom is 0.0490 e. The van der Waals surface area contributed by atoms with Crippen molar-refractivity contribution in [3.05, 3.63) is 0 Å². The molecule has 3 aliphatic rings. The molecule has 2 bridgehead atoms. The minimum absolute atomic E-state index is 0.505. The molecule has 1 unspecified atom stereocenters. The van der Waals surface area contributed by atoms with Crippen molar-refractivity contribution in [2.24, 2.45) is 28.9 Å². The van der Waals surface area contributed by atoms with Crippen molar-refractivity contribution in [3.63, 3.8) is 0 Å². The van der Waals surface area contributed by atoms with Gasteiger partial charge in [0.15, 0.2) is 0 Å². The van der Waals surface area contributed by atoms with Crippen LogP contribution in [0.3, 0.4) is 0 Å². The fourth-order valence-corrected chi connectivity index (χ4v) is 5.12. The minimum atomic E-state index is 0.505. The van der Waals surface area contributed by atoms with Crippen LogP contribution in [0, 0.1) is 23.2 Å². The Kier molecular flexibility index (Phi) is 2.75. The predicted octanol–water partition coefficient (Wildman–Crippen LogP) is 2.57. The molecular weight excluding hydrogens is 198 g/mol. The van der Waals surface area contributed by atoms with Crippen LogP contribution in [0.5, 0.6) is 0 Å². The molecule has 0 radical (unpaired) electrons. The number of hydrogen-bond donors (Lipinski definition) is 1. The monoisotopic (exact) mass is 223 g/mol. The summed E-state index contributed by atoms with van der Waals surface area (Å²) in [7, 11) is 1.84. The van der Waals surface area contributed by atoms with E-state index in [1.807, 2.05) is 7.11 Å². The first-order valence-corrected chi connectivity index (χ1v) is 7.01. The Morgan fingerprint density at radius 2 is 2.19 bits per heavy atom. The van der Waals surface area contributed by atoms with Crippen molar-refractivity contribution in [1.29, 1.82) is 0 Å². The third-order valence-corrected chi connectivity index (χ3v) is 5.78. The molecule has 3 rings (SSSR count). The normalized spacial score (nSPS) is 51.4. The van der Waals surface area contributed by atoms with Crippen molar-refractivity contribution >= 4 is 0 Å². The van der Waals surface area contributed by atoms with Gasteiger partial charge in [0.25, 0.3) is 0 Å². The van der Waals surface area contributed by atoms with Gasteiger partial charge < -0.3 is 10.5 Å². The zero-order valence-corrected chi connectivity index (χ0v) is 10.5. The quantitative estimate of drug-likeness (QED) is 0.781. The summed E-state index contributed by atoms with van der Waals surface area (Å²) in [4.78, 5) is 0. The Morgan fingerprint density at radius 1 is 1.31 bits per heavy atom. The summed E-state index contributed by atoms with van der Waals surface area (Å²) in [6.45, 7) is 0.950. The molecule has 2 N–H and O–H groups in total. The second kappa shape index (κ2) is 3.99. The first-order chi connectivity index (χ1) is 7.76. The van der Waals surface area contributed by atoms with E-state index in [0.717, 1.165) is 24.4 Å². The van der Waals surface area contributed by atoms with Gasteiger partial charge in [-0.2, -0.15) is 0 Å². The second-order valence-corrected chi connectivity index (χ2v) is 6.45. The molecule has 2 nitrogen and oxygen atoms in total. The first-order valence-electron chi connectivity index (χ1n) is 7.01. The summed E-state index contributed by atoms with van der Waals surface area (Å²) >= 11 is 0. The largest absolute Gasteiger partial charge is 0.384 e. The molecule has 0 aliphatic heterocycles. The van der Waals surface area contributed by atoms with Crippen LogP contribution in [0.2, 0.25) is 0 Å². The van der Waals surface area contributed by atoms with Gasteiger partial charge in [-0.3, -0.25) is 0 Å². The standard InChI is InChI=1S/C14H25NO/c1-16-9-10-3-2-6-14(8-10)12-5-4-11(7-12)13(14)15/h10-13H,2-9,15H2,1H3/t10?,11-,12+,13+,14-/m0/s1. The average molecular weight is 223 g/mol. The molecule has 5 atom stereocenters. The van der Waals surface area contributed by atoms with Gasteiger partial charge >= 0.3 is 0 Å². The third kappa shape index (κ3) is 1.46. The molecular formula is C14H25NO. The summed E-state index contributed by atoms with van der Waals surface area (Å²) in [6, 6.07) is 0.505. The highest BCUT2D eigenvalue weighted by Gasteiger charge is 2.57. The molecule has 16 heavy (non-hydrogen) atoms. The fraction of sp³-hybridized carbons (Fsp3) is 1.00. The van der Waals surface area contributed by atoms with Crippen molar-refractivity contribution in [1.82, 2.24) is 0 Å². The molecule has 3 saturated carbocycles. The Bertz CT molecular complexity index is 261. The topological polar surface area (TPSA) is 35.2 Å². The van der Waals surface area contributed by atoms with Crippen molar-refractivity contribution in [2.75, 3.05) is 13.7 Å². The van der Waals surface area contributed by atoms with Gasteiger partial charge in [-0.15, -0.1) is 0 Å². The summed E-state index contributed by atoms with van der Waals surface area (Å²) in [5, 5.41) is 0. The molecule has 1 spiro atoms. The van der Waals surface area contributed by atoms with E-state index in [2.05, 4.69) is 0 Å². The number of hydrogen-bond acceptors (Lipinski definition) is 2. The molecule has 0 heterocycles. The van der Waals surface area contributed by atoms with E-state index < -0.39 is 0 Å². The summed E-state index contributed by atoms with van der Waals surface area (Å²) in [5.74, 6) is 2.59. The summed E-state index contributed by atoms with van der Waals surface area (Å²) < 4.78 is 5.36. The number of methoxy groups -OCH3 is 1. The fourth-order valence-electron chi connectivity index (χ4n) is 5.12. The van der Waals surface area contributed by atoms with Crippen LogP contribution in [0.1, 0.15) is 44.9 Å². The summed E-state index contributed by atoms with van der Waals surface area (Å²) in [5.41, 5.74) is 7.07. The highest BCUT2D eigenvalue weighted by molar-refractivity contribution is 5.10. The van der Waals surface area contributed by atoms with Gasteiger partial charge in [-0.25, -0.2) is 0 Å². The van der Waals surface area contributed by atoms with Gasteiger partial charge in [0, 0.05) is 19.8 Å². The van der Waals surface area contributed by atoms with Crippen molar-refractivity contribution in [3.8, 4) is 0 Å². The van der Waals surface area contributed by atoms with Crippen LogP contribution in [0.15, 0.2) is 0 Å². The van der Waals surface area contributed by atoms with E-state index in [1.165, 1.54) is 44.9 Å². The lowest BCUT2D eigenvalue weighted by Crippen LogP contribution is -2.49. The molecule has 2 heteroatoms. The van der Waals surface area contributed by atoms with E-state index in [4.69, 9.17) is 10.5 Å². The van der Waals surface area contributed by atoms with Crippen LogP contribution in [0.4, 0.5) is 0 Å². The Hall–Kier alpha value is -0.0800. The number of fused-ring (bicyclic) bond motifs is 3. The molecule has 3 aliphatic carbocycles. The molecule has 0 saturated heterocycles. The molecule has 0 aromatic heterocycles. The van der Waals surface area contributed by atoms with Crippen LogP contribution in [-0.4, -0.2) is 19.8 Å². The first kappa shape index (κ1) is 11.0. The smallest absolute Gasteiger partial charge is 0.0490 e. The average Bonchev–Trinajstić information content (AvgIpc) is 2.84. The van der Waals surface area contributed by atoms with E-state index in [1.54, 1.807) is 0 Å². The highest BCUT2D eigenvalue weighted by atomic mass is 16.5. The van der Waals surface area contributed by atoms with E-state index in [9.17, 15) is 0 Å². The number of rotatable bonds is 2. The number of nitrogens with two attached hydrogens (primary N) is 1. The van der Waals surface area contributed by atoms with Crippen LogP contribution >= 0.6 is 0 Å². The lowest BCUT2D eigenvalue weighted by molar-refractivity contribution is 0.0196. The second-order valence-electron chi connectivity index (χ2n) is 6.45. The zero-order valence-electron chi connectivity index (χ0n) is 10.5. The van der Waals surface area contributed by atoms with Gasteiger partial charge in [0.05, 0.1) is 0 Å². The molecule has 3 fully saturated rings. The van der Waals surface area contributed by atoms with Crippen LogP contribution < -0.4 is 5.73 Å². The SMILES string of the molecule is COCC1CCC[C@]2(C1)[C@@H]1CC[C@@H](C1)[C@H]2N. The molecule has 0 amide bonds. The van der Waals surface area contributed by atoms with Crippen molar-refractivity contribution < 1.29 is 4.74 Å². The lowest BCUT2D eigenvalue weighted by atomic mass is 9.60. The van der Waals surface area contributed by atoms with E-state index in [0.29, 0.717) is 11.5 Å². The van der Waals surface area contributed by atoms with E-state index >= 15 is 0 Å². The maximum atomic E-state index is 6.55. The van der Waals surface area contributed by atoms with Gasteiger partial charge in [0.2, 0.25) is 0 Å². The zero-order chi connectivity index (χ0) is 11.2. The van der Waals surface area contributed by atoms with E-state index in [-0.39, 0.29) is 0 Å². The van der Waals surface area contributed by atoms with Gasteiger partial charge in [-0.05, 0) is 61.7 Å². The van der Waals surface area contributed by atoms with Gasteiger partial charge in [0.1, 0.15) is 0 Å². The predicted molar refractivity (Wildman–Crippen MR) is 65.1 cm³/mol. The summed E-state index contributed by atoms with van der Waals surface area (Å²) in [6.07, 6.45) is 9.78. The van der Waals surface area contributed by atoms with Crippen LogP contribution in [-0.2, 0) is 4.74 Å². The maximum absolute atomic E-state index is 6.55. The van der Waals surface area contributed by atoms with Crippen molar-refractivity contribution in [2.45, 2.75) is 51.0 Å². The Labute approximate surface area is 98.9 Å². The lowest BCUT2D eigenvalue weighted by Gasteiger charge is -2.47.